The first-order valence-corrected chi connectivity index (χ1v) is 10.4. The Kier molecular flexibility index (Phi) is 5.27. The fourth-order valence-electron chi connectivity index (χ4n) is 3.93. The average molecular weight is 372 g/mol. The molecule has 0 bridgehead atoms. The Labute approximate surface area is 158 Å². The van der Waals surface area contributed by atoms with Crippen molar-refractivity contribution in [2.45, 2.75) is 44.8 Å². The zero-order valence-electron chi connectivity index (χ0n) is 15.1. The predicted octanol–water partition coefficient (Wildman–Crippen LogP) is 4.46. The zero-order valence-corrected chi connectivity index (χ0v) is 16.0. The lowest BCUT2D eigenvalue weighted by molar-refractivity contribution is 0.0650. The van der Waals surface area contributed by atoms with Crippen LogP contribution < -0.4 is 4.74 Å². The lowest BCUT2D eigenvalue weighted by Gasteiger charge is -2.35. The molecule has 2 aliphatic heterocycles. The first kappa shape index (κ1) is 17.6. The van der Waals surface area contributed by atoms with E-state index in [4.69, 9.17) is 9.47 Å². The minimum absolute atomic E-state index is 0.0938. The van der Waals surface area contributed by atoms with Crippen LogP contribution in [0, 0.1) is 0 Å². The number of carbonyl (C=O) groups excluding carboxylic acids is 1. The van der Waals surface area contributed by atoms with E-state index in [1.165, 1.54) is 10.4 Å². The molecule has 4 rings (SSSR count). The maximum atomic E-state index is 13.2. The molecule has 0 radical (unpaired) electrons. The van der Waals surface area contributed by atoms with Crippen molar-refractivity contribution >= 4 is 17.2 Å². The number of carbonyl (C=O) groups is 1. The number of thiophene rings is 1. The van der Waals surface area contributed by atoms with Crippen LogP contribution >= 0.6 is 11.3 Å². The van der Waals surface area contributed by atoms with Crippen LogP contribution in [-0.2, 0) is 11.2 Å². The van der Waals surface area contributed by atoms with Gasteiger partial charge in [-0.15, -0.1) is 11.3 Å². The number of benzene rings is 1. The lowest BCUT2D eigenvalue weighted by Crippen LogP contribution is -2.39. The number of fused-ring (bicyclic) bond motifs is 1. The smallest absolute Gasteiger partial charge is 0.254 e. The van der Waals surface area contributed by atoms with E-state index in [-0.39, 0.29) is 18.1 Å². The molecule has 1 aromatic carbocycles. The van der Waals surface area contributed by atoms with E-state index in [9.17, 15) is 4.79 Å². The summed E-state index contributed by atoms with van der Waals surface area (Å²) in [5.41, 5.74) is 2.02. The van der Waals surface area contributed by atoms with Crippen LogP contribution in [0.4, 0.5) is 0 Å². The Morgan fingerprint density at radius 1 is 1.38 bits per heavy atom. The van der Waals surface area contributed by atoms with Gasteiger partial charge in [0.25, 0.3) is 5.91 Å². The summed E-state index contributed by atoms with van der Waals surface area (Å²) in [6.45, 7) is 4.31. The Hall–Kier alpha value is -1.85. The van der Waals surface area contributed by atoms with Gasteiger partial charge in [-0.2, -0.15) is 0 Å². The van der Waals surface area contributed by atoms with Crippen LogP contribution in [0.5, 0.6) is 5.75 Å². The van der Waals surface area contributed by atoms with Gasteiger partial charge in [-0.05, 0) is 60.9 Å². The Morgan fingerprint density at radius 2 is 2.31 bits per heavy atom. The van der Waals surface area contributed by atoms with E-state index in [1.807, 2.05) is 29.2 Å². The summed E-state index contributed by atoms with van der Waals surface area (Å²) in [6, 6.07) is 9.92. The normalized spacial score (nSPS) is 22.3. The first-order chi connectivity index (χ1) is 12.8. The molecule has 2 atom stereocenters. The summed E-state index contributed by atoms with van der Waals surface area (Å²) < 4.78 is 11.5. The van der Waals surface area contributed by atoms with Crippen molar-refractivity contribution in [2.75, 3.05) is 19.8 Å². The van der Waals surface area contributed by atoms with Gasteiger partial charge in [0.1, 0.15) is 12.4 Å². The molecule has 138 valence electrons. The van der Waals surface area contributed by atoms with Gasteiger partial charge in [0.15, 0.2) is 0 Å². The number of hydrogen-bond acceptors (Lipinski definition) is 4. The van der Waals surface area contributed by atoms with Crippen molar-refractivity contribution in [3.63, 3.8) is 0 Å². The third-order valence-electron chi connectivity index (χ3n) is 5.28. The molecule has 2 unspecified atom stereocenters. The van der Waals surface area contributed by atoms with Crippen molar-refractivity contribution < 1.29 is 14.3 Å². The zero-order chi connectivity index (χ0) is 17.9. The van der Waals surface area contributed by atoms with Gasteiger partial charge in [0, 0.05) is 23.6 Å². The lowest BCUT2D eigenvalue weighted by atomic mass is 9.97. The summed E-state index contributed by atoms with van der Waals surface area (Å²) in [5.74, 6) is 0.837. The molecule has 0 saturated carbocycles. The fourth-order valence-corrected chi connectivity index (χ4v) is 4.86. The molecule has 2 aromatic rings. The van der Waals surface area contributed by atoms with Crippen molar-refractivity contribution in [1.82, 2.24) is 4.90 Å². The van der Waals surface area contributed by atoms with E-state index in [0.29, 0.717) is 12.2 Å². The fraction of sp³-hybridized carbons (Fsp3) is 0.476. The van der Waals surface area contributed by atoms with Gasteiger partial charge in [-0.25, -0.2) is 0 Å². The van der Waals surface area contributed by atoms with Crippen LogP contribution in [0.2, 0.25) is 0 Å². The molecule has 4 nitrogen and oxygen atoms in total. The third kappa shape index (κ3) is 3.51. The van der Waals surface area contributed by atoms with Gasteiger partial charge in [-0.1, -0.05) is 13.0 Å². The first-order valence-electron chi connectivity index (χ1n) is 9.48. The predicted molar refractivity (Wildman–Crippen MR) is 103 cm³/mol. The summed E-state index contributed by atoms with van der Waals surface area (Å²) in [5, 5.41) is 2.14. The minimum Gasteiger partial charge on any atom is -0.491 e. The Balaban J connectivity index is 1.48. The molecule has 5 heteroatoms. The summed E-state index contributed by atoms with van der Waals surface area (Å²) in [7, 11) is 0. The van der Waals surface area contributed by atoms with Crippen molar-refractivity contribution in [2.24, 2.45) is 0 Å². The van der Waals surface area contributed by atoms with E-state index in [0.717, 1.165) is 44.6 Å². The summed E-state index contributed by atoms with van der Waals surface area (Å²) >= 11 is 1.81. The number of nitrogens with zero attached hydrogens (tertiary/aromatic N) is 1. The monoisotopic (exact) mass is 371 g/mol. The largest absolute Gasteiger partial charge is 0.491 e. The van der Waals surface area contributed by atoms with E-state index in [1.54, 1.807) is 11.3 Å². The topological polar surface area (TPSA) is 38.8 Å². The highest BCUT2D eigenvalue weighted by Crippen LogP contribution is 2.36. The van der Waals surface area contributed by atoms with Gasteiger partial charge in [0.2, 0.25) is 0 Å². The summed E-state index contributed by atoms with van der Waals surface area (Å²) in [6.07, 6.45) is 4.21. The van der Waals surface area contributed by atoms with Gasteiger partial charge < -0.3 is 14.4 Å². The molecule has 0 N–H and O–H groups in total. The van der Waals surface area contributed by atoms with Crippen molar-refractivity contribution in [3.8, 4) is 5.75 Å². The Morgan fingerprint density at radius 3 is 3.12 bits per heavy atom. The van der Waals surface area contributed by atoms with Crippen LogP contribution in [-0.4, -0.2) is 36.7 Å². The van der Waals surface area contributed by atoms with Crippen LogP contribution in [0.3, 0.4) is 0 Å². The maximum absolute atomic E-state index is 13.2. The van der Waals surface area contributed by atoms with Crippen LogP contribution in [0.15, 0.2) is 35.7 Å². The highest BCUT2D eigenvalue weighted by atomic mass is 32.1. The highest BCUT2D eigenvalue weighted by molar-refractivity contribution is 7.10. The third-order valence-corrected chi connectivity index (χ3v) is 6.28. The number of hydrogen-bond donors (Lipinski definition) is 0. The second-order valence-corrected chi connectivity index (χ2v) is 7.95. The van der Waals surface area contributed by atoms with Crippen LogP contribution in [0.1, 0.15) is 53.0 Å². The average Bonchev–Trinajstić information content (AvgIpc) is 3.36. The maximum Gasteiger partial charge on any atom is 0.254 e. The molecule has 3 heterocycles. The second kappa shape index (κ2) is 7.80. The molecular weight excluding hydrogens is 346 g/mol. The van der Waals surface area contributed by atoms with E-state index < -0.39 is 0 Å². The van der Waals surface area contributed by atoms with E-state index in [2.05, 4.69) is 18.4 Å². The molecule has 1 saturated heterocycles. The molecule has 1 fully saturated rings. The molecule has 0 aliphatic carbocycles. The Bertz CT molecular complexity index is 766. The molecule has 1 aromatic heterocycles. The number of rotatable bonds is 5. The SMILES string of the molecule is CCC1c2ccsc2CCN1C(=O)c1cccc(OCC2CCCO2)c1. The molecule has 0 spiro atoms. The second-order valence-electron chi connectivity index (χ2n) is 6.95. The van der Waals surface area contributed by atoms with E-state index >= 15 is 0 Å². The molecular formula is C21H25NO3S. The van der Waals surface area contributed by atoms with Gasteiger partial charge >= 0.3 is 0 Å². The number of amides is 1. The van der Waals surface area contributed by atoms with Gasteiger partial charge in [-0.3, -0.25) is 4.79 Å². The summed E-state index contributed by atoms with van der Waals surface area (Å²) in [4.78, 5) is 16.6. The van der Waals surface area contributed by atoms with Crippen molar-refractivity contribution in [3.05, 3.63) is 51.7 Å². The molecule has 1 amide bonds. The van der Waals surface area contributed by atoms with Crippen LogP contribution in [0.25, 0.3) is 0 Å². The standard InChI is InChI=1S/C21H25NO3S/c1-2-19-18-9-12-26-20(18)8-10-22(19)21(23)15-5-3-6-16(13-15)25-14-17-7-4-11-24-17/h3,5-6,9,12-13,17,19H,2,4,7-8,10-11,14H2,1H3. The quantitative estimate of drug-likeness (QED) is 0.779. The number of ether oxygens (including phenoxy) is 2. The minimum atomic E-state index is 0.0938. The molecule has 2 aliphatic rings. The highest BCUT2D eigenvalue weighted by Gasteiger charge is 2.31. The molecule has 26 heavy (non-hydrogen) atoms. The van der Waals surface area contributed by atoms with Crippen molar-refractivity contribution in [1.29, 1.82) is 0 Å². The van der Waals surface area contributed by atoms with Gasteiger partial charge in [0.05, 0.1) is 12.1 Å².